The molecule has 2 amide bonds. The standard InChI is InChI=1S/C13H25N3O3/c1-9(2)12(14)13(18)15-7-11(17)16(3)8-10-5-4-6-19-10/h9-10,12H,4-8,14H2,1-3H3,(H,15,18)/t10?,12-/m0/s1. The summed E-state index contributed by atoms with van der Waals surface area (Å²) in [5.41, 5.74) is 5.70. The first-order valence-electron chi connectivity index (χ1n) is 6.80. The Labute approximate surface area is 114 Å². The molecule has 1 saturated heterocycles. The third-order valence-electron chi connectivity index (χ3n) is 3.36. The summed E-state index contributed by atoms with van der Waals surface area (Å²) in [7, 11) is 1.72. The molecule has 0 aliphatic carbocycles. The van der Waals surface area contributed by atoms with Gasteiger partial charge in [-0.25, -0.2) is 0 Å². The fourth-order valence-electron chi connectivity index (χ4n) is 1.91. The number of rotatable bonds is 6. The summed E-state index contributed by atoms with van der Waals surface area (Å²) in [5, 5.41) is 2.57. The molecule has 0 aromatic heterocycles. The van der Waals surface area contributed by atoms with Crippen LogP contribution < -0.4 is 11.1 Å². The van der Waals surface area contributed by atoms with E-state index >= 15 is 0 Å². The molecule has 110 valence electrons. The van der Waals surface area contributed by atoms with E-state index in [4.69, 9.17) is 10.5 Å². The highest BCUT2D eigenvalue weighted by Gasteiger charge is 2.21. The smallest absolute Gasteiger partial charge is 0.241 e. The Kier molecular flexibility index (Phi) is 6.24. The molecule has 0 bridgehead atoms. The van der Waals surface area contributed by atoms with Crippen LogP contribution in [0, 0.1) is 5.92 Å². The van der Waals surface area contributed by atoms with Gasteiger partial charge in [0.1, 0.15) is 0 Å². The van der Waals surface area contributed by atoms with Crippen molar-refractivity contribution in [2.24, 2.45) is 11.7 Å². The van der Waals surface area contributed by atoms with Gasteiger partial charge in [-0.3, -0.25) is 9.59 Å². The van der Waals surface area contributed by atoms with Crippen molar-refractivity contribution in [1.29, 1.82) is 0 Å². The fraction of sp³-hybridized carbons (Fsp3) is 0.846. The fourth-order valence-corrected chi connectivity index (χ4v) is 1.91. The quantitative estimate of drug-likeness (QED) is 0.696. The van der Waals surface area contributed by atoms with E-state index < -0.39 is 6.04 Å². The molecule has 0 saturated carbocycles. The summed E-state index contributed by atoms with van der Waals surface area (Å²) in [5.74, 6) is -0.353. The average molecular weight is 271 g/mol. The Morgan fingerprint density at radius 2 is 2.16 bits per heavy atom. The van der Waals surface area contributed by atoms with Crippen LogP contribution in [0.1, 0.15) is 26.7 Å². The zero-order valence-corrected chi connectivity index (χ0v) is 12.0. The van der Waals surface area contributed by atoms with Gasteiger partial charge in [0.2, 0.25) is 11.8 Å². The maximum absolute atomic E-state index is 11.8. The topological polar surface area (TPSA) is 84.7 Å². The van der Waals surface area contributed by atoms with E-state index in [1.807, 2.05) is 13.8 Å². The molecule has 1 rings (SSSR count). The van der Waals surface area contributed by atoms with E-state index in [2.05, 4.69) is 5.32 Å². The number of hydrogen-bond donors (Lipinski definition) is 2. The molecule has 1 aliphatic heterocycles. The molecule has 0 spiro atoms. The Bertz CT molecular complexity index is 314. The minimum absolute atomic E-state index is 0.0114. The lowest BCUT2D eigenvalue weighted by atomic mass is 10.1. The Morgan fingerprint density at radius 1 is 1.47 bits per heavy atom. The Morgan fingerprint density at radius 3 is 2.68 bits per heavy atom. The van der Waals surface area contributed by atoms with Gasteiger partial charge in [-0.15, -0.1) is 0 Å². The Hall–Kier alpha value is -1.14. The maximum atomic E-state index is 11.8. The summed E-state index contributed by atoms with van der Waals surface area (Å²) >= 11 is 0. The molecule has 1 unspecified atom stereocenters. The van der Waals surface area contributed by atoms with Gasteiger partial charge in [-0.1, -0.05) is 13.8 Å². The molecule has 1 heterocycles. The lowest BCUT2D eigenvalue weighted by molar-refractivity contribution is -0.133. The van der Waals surface area contributed by atoms with E-state index in [1.165, 1.54) is 0 Å². The molecule has 3 N–H and O–H groups in total. The molecule has 1 aliphatic rings. The molecule has 0 aromatic carbocycles. The van der Waals surface area contributed by atoms with Gasteiger partial charge in [-0.05, 0) is 18.8 Å². The number of hydrogen-bond acceptors (Lipinski definition) is 4. The minimum Gasteiger partial charge on any atom is -0.376 e. The monoisotopic (exact) mass is 271 g/mol. The highest BCUT2D eigenvalue weighted by molar-refractivity contribution is 5.87. The second-order valence-corrected chi connectivity index (χ2v) is 5.40. The summed E-state index contributed by atoms with van der Waals surface area (Å²) < 4.78 is 5.47. The van der Waals surface area contributed by atoms with Gasteiger partial charge in [0, 0.05) is 20.2 Å². The Balaban J connectivity index is 2.27. The predicted molar refractivity (Wildman–Crippen MR) is 72.4 cm³/mol. The molecule has 19 heavy (non-hydrogen) atoms. The largest absolute Gasteiger partial charge is 0.376 e. The number of carbonyl (C=O) groups is 2. The second-order valence-electron chi connectivity index (χ2n) is 5.40. The summed E-state index contributed by atoms with van der Waals surface area (Å²) in [4.78, 5) is 25.1. The summed E-state index contributed by atoms with van der Waals surface area (Å²) in [6.45, 7) is 5.07. The minimum atomic E-state index is -0.573. The van der Waals surface area contributed by atoms with Gasteiger partial charge in [0.25, 0.3) is 0 Å². The SMILES string of the molecule is CC(C)[C@H](N)C(=O)NCC(=O)N(C)CC1CCCO1. The summed E-state index contributed by atoms with van der Waals surface area (Å²) in [6.07, 6.45) is 2.16. The zero-order chi connectivity index (χ0) is 14.4. The lowest BCUT2D eigenvalue weighted by Crippen LogP contribution is -2.48. The van der Waals surface area contributed by atoms with Crippen LogP contribution in [0.15, 0.2) is 0 Å². The van der Waals surface area contributed by atoms with Crippen LogP contribution in [-0.4, -0.2) is 55.6 Å². The number of nitrogens with two attached hydrogens (primary N) is 1. The lowest BCUT2D eigenvalue weighted by Gasteiger charge is -2.22. The van der Waals surface area contributed by atoms with E-state index in [9.17, 15) is 9.59 Å². The van der Waals surface area contributed by atoms with Gasteiger partial charge in [0.15, 0.2) is 0 Å². The predicted octanol–water partition coefficient (Wildman–Crippen LogP) is -0.277. The zero-order valence-electron chi connectivity index (χ0n) is 12.0. The van der Waals surface area contributed by atoms with Crippen LogP contribution in [0.4, 0.5) is 0 Å². The molecule has 0 radical (unpaired) electrons. The maximum Gasteiger partial charge on any atom is 0.241 e. The van der Waals surface area contributed by atoms with Gasteiger partial charge < -0.3 is 20.7 Å². The second kappa shape index (κ2) is 7.45. The normalized spacial score (nSPS) is 20.4. The number of ether oxygens (including phenoxy) is 1. The molecular formula is C13H25N3O3. The van der Waals surface area contributed by atoms with Crippen LogP contribution in [-0.2, 0) is 14.3 Å². The third-order valence-corrected chi connectivity index (χ3v) is 3.36. The van der Waals surface area contributed by atoms with Crippen LogP contribution in [0.2, 0.25) is 0 Å². The van der Waals surface area contributed by atoms with Crippen molar-refractivity contribution in [3.05, 3.63) is 0 Å². The van der Waals surface area contributed by atoms with Gasteiger partial charge in [0.05, 0.1) is 18.7 Å². The highest BCUT2D eigenvalue weighted by atomic mass is 16.5. The molecule has 2 atom stereocenters. The van der Waals surface area contributed by atoms with Crippen molar-refractivity contribution in [1.82, 2.24) is 10.2 Å². The van der Waals surface area contributed by atoms with Crippen molar-refractivity contribution in [3.8, 4) is 0 Å². The van der Waals surface area contributed by atoms with Crippen molar-refractivity contribution in [3.63, 3.8) is 0 Å². The van der Waals surface area contributed by atoms with Crippen LogP contribution in [0.5, 0.6) is 0 Å². The van der Waals surface area contributed by atoms with Gasteiger partial charge in [-0.2, -0.15) is 0 Å². The number of carbonyl (C=O) groups excluding carboxylic acids is 2. The van der Waals surface area contributed by atoms with Crippen molar-refractivity contribution >= 4 is 11.8 Å². The first-order chi connectivity index (χ1) is 8.91. The molecule has 0 aromatic rings. The third kappa shape index (κ3) is 5.16. The van der Waals surface area contributed by atoms with Crippen LogP contribution in [0.3, 0.4) is 0 Å². The van der Waals surface area contributed by atoms with E-state index in [0.717, 1.165) is 19.4 Å². The van der Waals surface area contributed by atoms with E-state index in [-0.39, 0.29) is 30.4 Å². The van der Waals surface area contributed by atoms with E-state index in [0.29, 0.717) is 6.54 Å². The molecular weight excluding hydrogens is 246 g/mol. The average Bonchev–Trinajstić information content (AvgIpc) is 2.86. The molecule has 1 fully saturated rings. The molecule has 6 nitrogen and oxygen atoms in total. The number of nitrogens with zero attached hydrogens (tertiary/aromatic N) is 1. The highest BCUT2D eigenvalue weighted by Crippen LogP contribution is 2.12. The van der Waals surface area contributed by atoms with Crippen LogP contribution in [0.25, 0.3) is 0 Å². The number of nitrogens with one attached hydrogen (secondary N) is 1. The van der Waals surface area contributed by atoms with Crippen molar-refractivity contribution in [2.45, 2.75) is 38.8 Å². The first-order valence-corrected chi connectivity index (χ1v) is 6.80. The van der Waals surface area contributed by atoms with Gasteiger partial charge >= 0.3 is 0 Å². The first kappa shape index (κ1) is 15.9. The van der Waals surface area contributed by atoms with Crippen molar-refractivity contribution < 1.29 is 14.3 Å². The van der Waals surface area contributed by atoms with Crippen molar-refractivity contribution in [2.75, 3.05) is 26.7 Å². The number of likely N-dealkylation sites (N-methyl/N-ethyl adjacent to an activating group) is 1. The van der Waals surface area contributed by atoms with Crippen LogP contribution >= 0.6 is 0 Å². The summed E-state index contributed by atoms with van der Waals surface area (Å²) in [6, 6.07) is -0.573. The molecule has 6 heteroatoms. The number of amides is 2. The van der Waals surface area contributed by atoms with E-state index in [1.54, 1.807) is 11.9 Å².